The Bertz CT molecular complexity index is 650. The summed E-state index contributed by atoms with van der Waals surface area (Å²) in [5, 5.41) is 4.01. The second kappa shape index (κ2) is 5.90. The van der Waals surface area contributed by atoms with Crippen molar-refractivity contribution in [3.63, 3.8) is 0 Å². The van der Waals surface area contributed by atoms with Gasteiger partial charge in [0.2, 0.25) is 0 Å². The van der Waals surface area contributed by atoms with E-state index in [2.05, 4.69) is 5.43 Å². The summed E-state index contributed by atoms with van der Waals surface area (Å²) in [6.07, 6.45) is 3.47. The van der Waals surface area contributed by atoms with Gasteiger partial charge in [-0.1, -0.05) is 35.7 Å². The van der Waals surface area contributed by atoms with E-state index in [0.29, 0.717) is 14.9 Å². The lowest BCUT2D eigenvalue weighted by molar-refractivity contribution is 0.0754. The molecule has 0 radical (unpaired) electrons. The number of rotatable bonds is 2. The quantitative estimate of drug-likeness (QED) is 0.889. The number of hydrogen-bond acceptors (Lipinski definition) is 3. The summed E-state index contributed by atoms with van der Waals surface area (Å²) in [6, 6.07) is 5.48. The highest BCUT2D eigenvalue weighted by Crippen LogP contribution is 2.36. The minimum atomic E-state index is -0.130. The van der Waals surface area contributed by atoms with E-state index in [4.69, 9.17) is 23.2 Å². The largest absolute Gasteiger partial charge is 0.284 e. The molecule has 1 fully saturated rings. The van der Waals surface area contributed by atoms with E-state index >= 15 is 0 Å². The van der Waals surface area contributed by atoms with Crippen molar-refractivity contribution in [2.24, 2.45) is 0 Å². The summed E-state index contributed by atoms with van der Waals surface area (Å²) >= 11 is 13.7. The van der Waals surface area contributed by atoms with Crippen LogP contribution in [-0.2, 0) is 0 Å². The Morgan fingerprint density at radius 2 is 1.95 bits per heavy atom. The number of nitrogens with one attached hydrogen (secondary N) is 1. The van der Waals surface area contributed by atoms with Crippen LogP contribution in [0, 0.1) is 0 Å². The first-order valence-corrected chi connectivity index (χ1v) is 8.16. The lowest BCUT2D eigenvalue weighted by atomic mass is 10.2. The Hall–Kier alpha value is -0.810. The maximum Gasteiger partial charge on any atom is 0.277 e. The fraction of sp³-hybridized carbons (Fsp3) is 0.357. The number of carbonyl (C=O) groups excluding carboxylic acids is 1. The summed E-state index contributed by atoms with van der Waals surface area (Å²) in [5.74, 6) is -0.130. The summed E-state index contributed by atoms with van der Waals surface area (Å²) in [6.45, 7) is 1.81. The van der Waals surface area contributed by atoms with Crippen LogP contribution >= 0.6 is 34.5 Å². The van der Waals surface area contributed by atoms with E-state index < -0.39 is 0 Å². The monoisotopic (exact) mass is 328 g/mol. The van der Waals surface area contributed by atoms with Crippen LogP contribution in [0.1, 0.15) is 28.9 Å². The predicted molar refractivity (Wildman–Crippen MR) is 84.7 cm³/mol. The van der Waals surface area contributed by atoms with Crippen LogP contribution in [-0.4, -0.2) is 24.0 Å². The highest BCUT2D eigenvalue weighted by Gasteiger charge is 2.20. The van der Waals surface area contributed by atoms with E-state index in [0.717, 1.165) is 36.0 Å². The summed E-state index contributed by atoms with van der Waals surface area (Å²) in [4.78, 5) is 12.9. The molecular weight excluding hydrogens is 315 g/mol. The highest BCUT2D eigenvalue weighted by atomic mass is 35.5. The van der Waals surface area contributed by atoms with Crippen LogP contribution in [0.5, 0.6) is 0 Å². The molecule has 0 saturated carbocycles. The first-order chi connectivity index (χ1) is 9.65. The average molecular weight is 329 g/mol. The second-order valence-corrected chi connectivity index (χ2v) is 6.74. The molecule has 0 spiro atoms. The molecule has 0 aliphatic carbocycles. The topological polar surface area (TPSA) is 32.3 Å². The van der Waals surface area contributed by atoms with Crippen LogP contribution in [0.2, 0.25) is 10.0 Å². The van der Waals surface area contributed by atoms with Gasteiger partial charge in [-0.25, -0.2) is 5.01 Å². The Labute approximate surface area is 131 Å². The van der Waals surface area contributed by atoms with Crippen LogP contribution in [0.4, 0.5) is 0 Å². The van der Waals surface area contributed by atoms with Gasteiger partial charge in [0.15, 0.2) is 0 Å². The van der Waals surface area contributed by atoms with Crippen molar-refractivity contribution in [2.45, 2.75) is 19.3 Å². The van der Waals surface area contributed by atoms with Crippen molar-refractivity contribution in [3.8, 4) is 0 Å². The maximum atomic E-state index is 12.3. The number of hydrogen-bond donors (Lipinski definition) is 1. The van der Waals surface area contributed by atoms with Gasteiger partial charge in [-0.2, -0.15) is 0 Å². The van der Waals surface area contributed by atoms with Gasteiger partial charge in [0.05, 0.1) is 5.02 Å². The van der Waals surface area contributed by atoms with Crippen LogP contribution in [0.15, 0.2) is 18.2 Å². The van der Waals surface area contributed by atoms with Crippen molar-refractivity contribution in [1.29, 1.82) is 0 Å². The number of nitrogens with zero attached hydrogens (tertiary/aromatic N) is 1. The summed E-state index contributed by atoms with van der Waals surface area (Å²) < 4.78 is 0.936. The summed E-state index contributed by atoms with van der Waals surface area (Å²) in [5.41, 5.74) is 2.94. The lowest BCUT2D eigenvalue weighted by Crippen LogP contribution is -2.44. The first kappa shape index (κ1) is 14.1. The maximum absolute atomic E-state index is 12.3. The van der Waals surface area contributed by atoms with Crippen molar-refractivity contribution < 1.29 is 4.79 Å². The molecule has 0 unspecified atom stereocenters. The predicted octanol–water partition coefficient (Wildman–Crippen LogP) is 4.34. The van der Waals surface area contributed by atoms with E-state index in [1.54, 1.807) is 6.07 Å². The smallest absolute Gasteiger partial charge is 0.277 e. The number of hydrazine groups is 1. The number of amides is 1. The Balaban J connectivity index is 1.85. The van der Waals surface area contributed by atoms with E-state index in [-0.39, 0.29) is 5.91 Å². The molecule has 1 aliphatic rings. The molecule has 2 aromatic rings. The number of fused-ring (bicyclic) bond motifs is 1. The molecule has 0 atom stereocenters. The van der Waals surface area contributed by atoms with E-state index in [1.807, 2.05) is 17.1 Å². The van der Waals surface area contributed by atoms with Gasteiger partial charge in [0, 0.05) is 28.2 Å². The van der Waals surface area contributed by atoms with Gasteiger partial charge < -0.3 is 0 Å². The molecule has 0 bridgehead atoms. The Morgan fingerprint density at radius 1 is 1.20 bits per heavy atom. The molecule has 1 saturated heterocycles. The molecule has 1 N–H and O–H groups in total. The fourth-order valence-electron chi connectivity index (χ4n) is 2.39. The zero-order valence-electron chi connectivity index (χ0n) is 10.8. The van der Waals surface area contributed by atoms with Gasteiger partial charge in [-0.05, 0) is 25.0 Å². The lowest BCUT2D eigenvalue weighted by Gasteiger charge is -2.26. The van der Waals surface area contributed by atoms with Crippen LogP contribution in [0.25, 0.3) is 10.1 Å². The highest BCUT2D eigenvalue weighted by molar-refractivity contribution is 7.21. The number of carbonyl (C=O) groups is 1. The van der Waals surface area contributed by atoms with Crippen LogP contribution < -0.4 is 5.43 Å². The van der Waals surface area contributed by atoms with Gasteiger partial charge in [0.1, 0.15) is 4.88 Å². The second-order valence-electron chi connectivity index (χ2n) is 4.87. The van der Waals surface area contributed by atoms with Gasteiger partial charge in [-0.15, -0.1) is 11.3 Å². The third-order valence-corrected chi connectivity index (χ3v) is 5.30. The van der Waals surface area contributed by atoms with Gasteiger partial charge in [0.25, 0.3) is 5.91 Å². The van der Waals surface area contributed by atoms with Crippen molar-refractivity contribution in [1.82, 2.24) is 10.4 Å². The first-order valence-electron chi connectivity index (χ1n) is 6.58. The molecule has 3 rings (SSSR count). The zero-order chi connectivity index (χ0) is 14.1. The molecule has 1 aromatic carbocycles. The van der Waals surface area contributed by atoms with Crippen molar-refractivity contribution >= 4 is 50.5 Å². The number of halogens is 2. The molecule has 1 amide bonds. The minimum Gasteiger partial charge on any atom is -0.284 e. The Morgan fingerprint density at radius 3 is 2.70 bits per heavy atom. The molecule has 106 valence electrons. The molecular formula is C14H14Cl2N2OS. The number of thiophene rings is 1. The average Bonchev–Trinajstić information content (AvgIpc) is 2.76. The number of piperidine rings is 1. The molecule has 1 aliphatic heterocycles. The standard InChI is InChI=1S/C14H14Cl2N2OS/c15-9-4-5-10-11(8-9)20-13(12(10)16)14(19)17-18-6-2-1-3-7-18/h4-5,8H,1-3,6-7H2,(H,17,19). The fourth-order valence-corrected chi connectivity index (χ4v) is 4.07. The summed E-state index contributed by atoms with van der Waals surface area (Å²) in [7, 11) is 0. The minimum absolute atomic E-state index is 0.130. The Kier molecular flexibility index (Phi) is 4.17. The van der Waals surface area contributed by atoms with E-state index in [1.165, 1.54) is 17.8 Å². The number of benzene rings is 1. The zero-order valence-corrected chi connectivity index (χ0v) is 13.1. The molecule has 2 heterocycles. The van der Waals surface area contributed by atoms with Crippen molar-refractivity contribution in [2.75, 3.05) is 13.1 Å². The molecule has 1 aromatic heterocycles. The SMILES string of the molecule is O=C(NN1CCCCC1)c1sc2cc(Cl)ccc2c1Cl. The third-order valence-electron chi connectivity index (χ3n) is 3.41. The van der Waals surface area contributed by atoms with E-state index in [9.17, 15) is 4.79 Å². The normalized spacial score (nSPS) is 16.5. The van der Waals surface area contributed by atoms with Gasteiger partial charge in [-0.3, -0.25) is 10.2 Å². The van der Waals surface area contributed by atoms with Gasteiger partial charge >= 0.3 is 0 Å². The third kappa shape index (κ3) is 2.79. The van der Waals surface area contributed by atoms with Crippen molar-refractivity contribution in [3.05, 3.63) is 33.1 Å². The molecule has 3 nitrogen and oxygen atoms in total. The molecule has 6 heteroatoms. The molecule has 20 heavy (non-hydrogen) atoms. The van der Waals surface area contributed by atoms with Crippen LogP contribution in [0.3, 0.4) is 0 Å².